The van der Waals surface area contributed by atoms with Gasteiger partial charge in [0.05, 0.1) is 11.1 Å². The molecule has 0 spiro atoms. The van der Waals surface area contributed by atoms with Gasteiger partial charge in [0.2, 0.25) is 0 Å². The molecule has 0 N–H and O–H groups in total. The van der Waals surface area contributed by atoms with Gasteiger partial charge < -0.3 is 0 Å². The molecule has 0 aliphatic rings. The van der Waals surface area contributed by atoms with Gasteiger partial charge in [-0.2, -0.15) is 5.26 Å². The first-order valence-corrected chi connectivity index (χ1v) is 3.47. The molecule has 13 heavy (non-hydrogen) atoms. The smallest absolute Gasteiger partial charge is 0.165 e. The molecular weight excluding hydrogens is 176 g/mol. The Balaban J connectivity index is 3.50. The van der Waals surface area contributed by atoms with Gasteiger partial charge in [-0.15, -0.1) is 0 Å². The molecule has 0 atom stereocenters. The summed E-state index contributed by atoms with van der Waals surface area (Å²) in [5.74, 6) is -2.76. The summed E-state index contributed by atoms with van der Waals surface area (Å²) in [4.78, 5) is 10.8. The number of halogens is 2. The number of hydrogen-bond acceptors (Lipinski definition) is 2. The molecule has 2 nitrogen and oxygen atoms in total. The topological polar surface area (TPSA) is 40.9 Å². The number of nitrogens with zero attached hydrogens (tertiary/aromatic N) is 1. The summed E-state index contributed by atoms with van der Waals surface area (Å²) in [6.07, 6.45) is 0. The molecule has 0 saturated carbocycles. The maximum Gasteiger partial charge on any atom is 0.165 e. The molecule has 66 valence electrons. The van der Waals surface area contributed by atoms with Crippen molar-refractivity contribution in [2.24, 2.45) is 0 Å². The van der Waals surface area contributed by atoms with Crippen molar-refractivity contribution in [1.29, 1.82) is 5.26 Å². The highest BCUT2D eigenvalue weighted by atomic mass is 19.1. The van der Waals surface area contributed by atoms with E-state index in [1.54, 1.807) is 0 Å². The van der Waals surface area contributed by atoms with Crippen LogP contribution in [0.15, 0.2) is 12.1 Å². The lowest BCUT2D eigenvalue weighted by Crippen LogP contribution is -2.03. The second kappa shape index (κ2) is 3.31. The molecular formula is C9H5F2NO. The van der Waals surface area contributed by atoms with Gasteiger partial charge in [-0.3, -0.25) is 4.79 Å². The second-order valence-electron chi connectivity index (χ2n) is 2.45. The standard InChI is InChI=1S/C9H5F2NO/c1-5(13)8-7(10)3-2-6(4-12)9(8)11/h2-3H,1H3. The van der Waals surface area contributed by atoms with Gasteiger partial charge >= 0.3 is 0 Å². The minimum absolute atomic E-state index is 0.327. The van der Waals surface area contributed by atoms with Crippen molar-refractivity contribution < 1.29 is 13.6 Å². The normalized spacial score (nSPS) is 9.38. The van der Waals surface area contributed by atoms with Crippen LogP contribution in [-0.2, 0) is 0 Å². The summed E-state index contributed by atoms with van der Waals surface area (Å²) in [6.45, 7) is 1.04. The molecule has 0 amide bonds. The van der Waals surface area contributed by atoms with Crippen molar-refractivity contribution >= 4 is 5.78 Å². The first-order chi connectivity index (χ1) is 6.07. The van der Waals surface area contributed by atoms with Crippen molar-refractivity contribution in [2.45, 2.75) is 6.92 Å². The summed E-state index contributed by atoms with van der Waals surface area (Å²) >= 11 is 0. The first kappa shape index (κ1) is 9.33. The third-order valence-corrected chi connectivity index (χ3v) is 1.56. The summed E-state index contributed by atoms with van der Waals surface area (Å²) in [5.41, 5.74) is -0.981. The minimum Gasteiger partial charge on any atom is -0.294 e. The Morgan fingerprint density at radius 2 is 2.08 bits per heavy atom. The van der Waals surface area contributed by atoms with E-state index < -0.39 is 23.0 Å². The largest absolute Gasteiger partial charge is 0.294 e. The van der Waals surface area contributed by atoms with Crippen molar-refractivity contribution in [3.8, 4) is 6.07 Å². The molecule has 0 aliphatic carbocycles. The highest BCUT2D eigenvalue weighted by Gasteiger charge is 2.16. The summed E-state index contributed by atoms with van der Waals surface area (Å²) < 4.78 is 25.9. The maximum absolute atomic E-state index is 13.1. The van der Waals surface area contributed by atoms with E-state index in [1.807, 2.05) is 0 Å². The van der Waals surface area contributed by atoms with Crippen LogP contribution >= 0.6 is 0 Å². The molecule has 0 saturated heterocycles. The Morgan fingerprint density at radius 1 is 1.46 bits per heavy atom. The average Bonchev–Trinajstić information content (AvgIpc) is 2.04. The monoisotopic (exact) mass is 181 g/mol. The number of carbonyl (C=O) groups is 1. The Bertz CT molecular complexity index is 407. The molecule has 0 fully saturated rings. The number of benzene rings is 1. The van der Waals surface area contributed by atoms with Gasteiger partial charge in [-0.25, -0.2) is 8.78 Å². The zero-order chi connectivity index (χ0) is 10.0. The van der Waals surface area contributed by atoms with E-state index in [0.717, 1.165) is 19.1 Å². The average molecular weight is 181 g/mol. The van der Waals surface area contributed by atoms with Crippen LogP contribution < -0.4 is 0 Å². The van der Waals surface area contributed by atoms with Crippen molar-refractivity contribution in [1.82, 2.24) is 0 Å². The SMILES string of the molecule is CC(=O)c1c(F)ccc(C#N)c1F. The number of rotatable bonds is 1. The molecule has 0 aromatic heterocycles. The molecule has 0 aliphatic heterocycles. The van der Waals surface area contributed by atoms with Crippen LogP contribution in [0.4, 0.5) is 8.78 Å². The predicted molar refractivity (Wildman–Crippen MR) is 41.1 cm³/mol. The van der Waals surface area contributed by atoms with Crippen LogP contribution in [-0.4, -0.2) is 5.78 Å². The summed E-state index contributed by atoms with van der Waals surface area (Å²) in [6, 6.07) is 3.42. The molecule has 0 bridgehead atoms. The molecule has 0 heterocycles. The van der Waals surface area contributed by atoms with Crippen LogP contribution in [0.5, 0.6) is 0 Å². The fourth-order valence-corrected chi connectivity index (χ4v) is 0.962. The number of carbonyl (C=O) groups excluding carboxylic acids is 1. The van der Waals surface area contributed by atoms with Gasteiger partial charge in [-0.05, 0) is 19.1 Å². The van der Waals surface area contributed by atoms with Gasteiger partial charge in [0.15, 0.2) is 11.6 Å². The van der Waals surface area contributed by atoms with Crippen LogP contribution in [0.3, 0.4) is 0 Å². The van der Waals surface area contributed by atoms with E-state index in [2.05, 4.69) is 0 Å². The van der Waals surface area contributed by atoms with E-state index in [-0.39, 0.29) is 5.56 Å². The zero-order valence-corrected chi connectivity index (χ0v) is 6.77. The highest BCUT2D eigenvalue weighted by Crippen LogP contribution is 2.16. The summed E-state index contributed by atoms with van der Waals surface area (Å²) in [7, 11) is 0. The van der Waals surface area contributed by atoms with Crippen molar-refractivity contribution in [3.63, 3.8) is 0 Å². The van der Waals surface area contributed by atoms with E-state index in [9.17, 15) is 13.6 Å². The summed E-state index contributed by atoms with van der Waals surface area (Å²) in [5, 5.41) is 8.39. The molecule has 0 unspecified atom stereocenters. The van der Waals surface area contributed by atoms with Crippen LogP contribution in [0.25, 0.3) is 0 Å². The van der Waals surface area contributed by atoms with Gasteiger partial charge in [0.25, 0.3) is 0 Å². The highest BCUT2D eigenvalue weighted by molar-refractivity contribution is 5.95. The maximum atomic E-state index is 13.1. The Labute approximate surface area is 73.4 Å². The lowest BCUT2D eigenvalue weighted by atomic mass is 10.1. The van der Waals surface area contributed by atoms with Gasteiger partial charge in [-0.1, -0.05) is 0 Å². The van der Waals surface area contributed by atoms with Crippen LogP contribution in [0, 0.1) is 23.0 Å². The predicted octanol–water partition coefficient (Wildman–Crippen LogP) is 2.04. The zero-order valence-electron chi connectivity index (χ0n) is 6.77. The van der Waals surface area contributed by atoms with Crippen molar-refractivity contribution in [3.05, 3.63) is 34.9 Å². The van der Waals surface area contributed by atoms with E-state index in [4.69, 9.17) is 5.26 Å². The lowest BCUT2D eigenvalue weighted by Gasteiger charge is -2.00. The quantitative estimate of drug-likeness (QED) is 0.622. The Hall–Kier alpha value is -1.76. The fourth-order valence-electron chi connectivity index (χ4n) is 0.962. The lowest BCUT2D eigenvalue weighted by molar-refractivity contribution is 0.101. The number of Topliss-reactive ketones (excluding diaryl/α,β-unsaturated/α-hetero) is 1. The van der Waals surface area contributed by atoms with E-state index in [0.29, 0.717) is 0 Å². The molecule has 1 rings (SSSR count). The first-order valence-electron chi connectivity index (χ1n) is 3.47. The third-order valence-electron chi connectivity index (χ3n) is 1.56. The second-order valence-corrected chi connectivity index (χ2v) is 2.45. The number of ketones is 1. The molecule has 1 aromatic carbocycles. The Morgan fingerprint density at radius 3 is 2.54 bits per heavy atom. The van der Waals surface area contributed by atoms with Crippen molar-refractivity contribution in [2.75, 3.05) is 0 Å². The van der Waals surface area contributed by atoms with Crippen LogP contribution in [0.2, 0.25) is 0 Å². The number of nitriles is 1. The number of hydrogen-bond donors (Lipinski definition) is 0. The van der Waals surface area contributed by atoms with E-state index in [1.165, 1.54) is 6.07 Å². The van der Waals surface area contributed by atoms with Gasteiger partial charge in [0.1, 0.15) is 11.9 Å². The molecule has 4 heteroatoms. The third kappa shape index (κ3) is 1.54. The minimum atomic E-state index is -1.09. The van der Waals surface area contributed by atoms with E-state index >= 15 is 0 Å². The fraction of sp³-hybridized carbons (Fsp3) is 0.111. The Kier molecular flexibility index (Phi) is 2.38. The molecule has 1 aromatic rings. The van der Waals surface area contributed by atoms with Crippen LogP contribution in [0.1, 0.15) is 22.8 Å². The van der Waals surface area contributed by atoms with Gasteiger partial charge in [0, 0.05) is 0 Å². The molecule has 0 radical (unpaired) electrons.